The van der Waals surface area contributed by atoms with Gasteiger partial charge in [-0.3, -0.25) is 9.59 Å². The number of fused-ring (bicyclic) bond motifs is 1. The lowest BCUT2D eigenvalue weighted by Gasteiger charge is -2.38. The maximum absolute atomic E-state index is 13.3. The standard InChI is InChI=1S/C26H36N6O3Si/c1-18-10-11-31(22(14-18)19-8-6-5-7-9-19)26(34)25(33)30-21-16-28-24(27)20-15-29-32(23(20)21)17-35-12-13-36(2,3)4/h5-9,15-16,18,22H,10-14,17H2,1-4H3,(H2,27,28)(H,30,33)/t18-,22+/m0/s1. The smallest absolute Gasteiger partial charge is 0.314 e. The first-order chi connectivity index (χ1) is 17.1. The monoisotopic (exact) mass is 508 g/mol. The van der Waals surface area contributed by atoms with Crippen LogP contribution in [-0.2, 0) is 21.1 Å². The number of pyridine rings is 1. The second kappa shape index (κ2) is 10.8. The third-order valence-electron chi connectivity index (χ3n) is 6.67. The molecule has 0 unspecified atom stereocenters. The Balaban J connectivity index is 1.53. The molecule has 0 bridgehead atoms. The minimum atomic E-state index is -1.22. The molecule has 1 fully saturated rings. The van der Waals surface area contributed by atoms with Crippen LogP contribution in [-0.4, -0.2) is 52.7 Å². The van der Waals surface area contributed by atoms with Crippen LogP contribution in [0.3, 0.4) is 0 Å². The van der Waals surface area contributed by atoms with Crippen LogP contribution in [0.5, 0.6) is 0 Å². The van der Waals surface area contributed by atoms with E-state index >= 15 is 0 Å². The molecule has 1 aliphatic heterocycles. The van der Waals surface area contributed by atoms with Crippen LogP contribution >= 0.6 is 0 Å². The number of hydrogen-bond donors (Lipinski definition) is 2. The highest BCUT2D eigenvalue weighted by molar-refractivity contribution is 6.76. The average molecular weight is 509 g/mol. The summed E-state index contributed by atoms with van der Waals surface area (Å²) in [6.45, 7) is 10.4. The number of nitrogens with two attached hydrogens (primary N) is 1. The van der Waals surface area contributed by atoms with Gasteiger partial charge in [0, 0.05) is 21.2 Å². The van der Waals surface area contributed by atoms with Gasteiger partial charge in [-0.25, -0.2) is 9.67 Å². The van der Waals surface area contributed by atoms with Crippen molar-refractivity contribution in [3.63, 3.8) is 0 Å². The lowest BCUT2D eigenvalue weighted by atomic mass is 9.88. The maximum atomic E-state index is 13.3. The van der Waals surface area contributed by atoms with Crippen molar-refractivity contribution in [3.8, 4) is 0 Å². The van der Waals surface area contributed by atoms with E-state index in [0.29, 0.717) is 41.5 Å². The second-order valence-electron chi connectivity index (χ2n) is 10.8. The highest BCUT2D eigenvalue weighted by Crippen LogP contribution is 2.34. The quantitative estimate of drug-likeness (QED) is 0.280. The molecule has 3 heterocycles. The fourth-order valence-electron chi connectivity index (χ4n) is 4.52. The van der Waals surface area contributed by atoms with Gasteiger partial charge in [0.05, 0.1) is 35.0 Å². The van der Waals surface area contributed by atoms with E-state index in [4.69, 9.17) is 10.5 Å². The van der Waals surface area contributed by atoms with Gasteiger partial charge in [0.2, 0.25) is 0 Å². The Morgan fingerprint density at radius 1 is 1.19 bits per heavy atom. The fraction of sp³-hybridized carbons (Fsp3) is 0.462. The van der Waals surface area contributed by atoms with E-state index in [1.54, 1.807) is 15.8 Å². The number of hydrogen-bond acceptors (Lipinski definition) is 6. The van der Waals surface area contributed by atoms with E-state index in [2.05, 4.69) is 42.0 Å². The molecule has 2 amide bonds. The van der Waals surface area contributed by atoms with Crippen LogP contribution in [0.15, 0.2) is 42.7 Å². The minimum absolute atomic E-state index is 0.136. The minimum Gasteiger partial charge on any atom is -0.383 e. The molecule has 1 saturated heterocycles. The van der Waals surface area contributed by atoms with Crippen molar-refractivity contribution in [2.24, 2.45) is 5.92 Å². The SMILES string of the molecule is C[C@H]1CCN(C(=O)C(=O)Nc2cnc(N)c3cnn(COCC[Si](C)(C)C)c23)[C@@H](c2ccccc2)C1. The number of nitrogens with one attached hydrogen (secondary N) is 1. The zero-order valence-corrected chi connectivity index (χ0v) is 22.5. The van der Waals surface area contributed by atoms with E-state index in [-0.39, 0.29) is 12.8 Å². The first kappa shape index (κ1) is 25.8. The van der Waals surface area contributed by atoms with Gasteiger partial charge in [0.15, 0.2) is 0 Å². The Morgan fingerprint density at radius 3 is 2.67 bits per heavy atom. The molecule has 2 atom stereocenters. The summed E-state index contributed by atoms with van der Waals surface area (Å²) in [6.07, 6.45) is 4.75. The van der Waals surface area contributed by atoms with Crippen LogP contribution in [0.25, 0.3) is 10.9 Å². The molecule has 0 aliphatic carbocycles. The molecule has 2 aromatic heterocycles. The molecule has 9 nitrogen and oxygen atoms in total. The maximum Gasteiger partial charge on any atom is 0.314 e. The van der Waals surface area contributed by atoms with E-state index in [0.717, 1.165) is 24.4 Å². The lowest BCUT2D eigenvalue weighted by Crippen LogP contribution is -2.45. The van der Waals surface area contributed by atoms with Gasteiger partial charge >= 0.3 is 11.8 Å². The lowest BCUT2D eigenvalue weighted by molar-refractivity contribution is -0.146. The molecule has 36 heavy (non-hydrogen) atoms. The first-order valence-electron chi connectivity index (χ1n) is 12.5. The van der Waals surface area contributed by atoms with Crippen molar-refractivity contribution in [2.45, 2.75) is 58.2 Å². The number of nitrogens with zero attached hydrogens (tertiary/aromatic N) is 4. The highest BCUT2D eigenvalue weighted by atomic mass is 28.3. The van der Waals surface area contributed by atoms with Crippen molar-refractivity contribution in [3.05, 3.63) is 48.3 Å². The molecule has 1 aromatic carbocycles. The number of anilines is 2. The number of ether oxygens (including phenoxy) is 1. The number of carbonyl (C=O) groups excluding carboxylic acids is 2. The normalized spacial score (nSPS) is 18.4. The second-order valence-corrected chi connectivity index (χ2v) is 16.4. The largest absolute Gasteiger partial charge is 0.383 e. The number of likely N-dealkylation sites (tertiary alicyclic amines) is 1. The summed E-state index contributed by atoms with van der Waals surface area (Å²) in [5.41, 5.74) is 8.07. The molecule has 3 N–H and O–H groups in total. The molecule has 0 spiro atoms. The summed E-state index contributed by atoms with van der Waals surface area (Å²) in [4.78, 5) is 32.4. The third kappa shape index (κ3) is 5.93. The molecule has 1 aliphatic rings. The van der Waals surface area contributed by atoms with Gasteiger partial charge in [0.25, 0.3) is 0 Å². The van der Waals surface area contributed by atoms with Crippen LogP contribution < -0.4 is 11.1 Å². The van der Waals surface area contributed by atoms with Gasteiger partial charge in [-0.15, -0.1) is 0 Å². The van der Waals surface area contributed by atoms with Crippen molar-refractivity contribution in [1.29, 1.82) is 0 Å². The summed E-state index contributed by atoms with van der Waals surface area (Å²) in [5.74, 6) is -0.487. The van der Waals surface area contributed by atoms with Gasteiger partial charge in [-0.2, -0.15) is 5.10 Å². The van der Waals surface area contributed by atoms with Crippen molar-refractivity contribution < 1.29 is 14.3 Å². The highest BCUT2D eigenvalue weighted by Gasteiger charge is 2.34. The zero-order chi connectivity index (χ0) is 25.9. The Hall–Kier alpha value is -3.24. The van der Waals surface area contributed by atoms with E-state index in [1.165, 1.54) is 6.20 Å². The van der Waals surface area contributed by atoms with Crippen molar-refractivity contribution in [2.75, 3.05) is 24.2 Å². The number of piperidine rings is 1. The number of benzene rings is 1. The summed E-state index contributed by atoms with van der Waals surface area (Å²) in [5, 5.41) is 7.77. The predicted molar refractivity (Wildman–Crippen MR) is 144 cm³/mol. The molecule has 4 rings (SSSR count). The number of nitrogen functional groups attached to an aromatic ring is 1. The fourth-order valence-corrected chi connectivity index (χ4v) is 5.28. The third-order valence-corrected chi connectivity index (χ3v) is 8.37. The predicted octanol–water partition coefficient (Wildman–Crippen LogP) is 4.26. The van der Waals surface area contributed by atoms with Crippen molar-refractivity contribution in [1.82, 2.24) is 19.7 Å². The number of carbonyl (C=O) groups is 2. The van der Waals surface area contributed by atoms with E-state index < -0.39 is 19.9 Å². The zero-order valence-electron chi connectivity index (χ0n) is 21.5. The Labute approximate surface area is 213 Å². The Kier molecular flexibility index (Phi) is 7.75. The van der Waals surface area contributed by atoms with Gasteiger partial charge in [-0.1, -0.05) is 56.9 Å². The van der Waals surface area contributed by atoms with Gasteiger partial charge in [-0.05, 0) is 30.4 Å². The molecule has 3 aromatic rings. The average Bonchev–Trinajstić information content (AvgIpc) is 3.28. The molecular formula is C26H36N6O3Si. The molecule has 192 valence electrons. The van der Waals surface area contributed by atoms with Crippen LogP contribution in [0.2, 0.25) is 25.7 Å². The Morgan fingerprint density at radius 2 is 1.94 bits per heavy atom. The number of rotatable bonds is 7. The molecule has 0 radical (unpaired) electrons. The summed E-state index contributed by atoms with van der Waals surface area (Å²) in [7, 11) is -1.22. The Bertz CT molecular complexity index is 1220. The topological polar surface area (TPSA) is 115 Å². The first-order valence-corrected chi connectivity index (χ1v) is 16.2. The van der Waals surface area contributed by atoms with Gasteiger partial charge < -0.3 is 20.7 Å². The number of aromatic nitrogens is 3. The van der Waals surface area contributed by atoms with E-state index in [1.807, 2.05) is 30.3 Å². The van der Waals surface area contributed by atoms with Crippen LogP contribution in [0.1, 0.15) is 31.4 Å². The van der Waals surface area contributed by atoms with Gasteiger partial charge in [0.1, 0.15) is 12.5 Å². The summed E-state index contributed by atoms with van der Waals surface area (Å²) < 4.78 is 7.51. The van der Waals surface area contributed by atoms with Crippen LogP contribution in [0.4, 0.5) is 11.5 Å². The van der Waals surface area contributed by atoms with Crippen LogP contribution in [0, 0.1) is 5.92 Å². The number of amides is 2. The summed E-state index contributed by atoms with van der Waals surface area (Å²) in [6, 6.07) is 10.8. The summed E-state index contributed by atoms with van der Waals surface area (Å²) >= 11 is 0. The molecule has 0 saturated carbocycles. The molecule has 10 heteroatoms. The molecular weight excluding hydrogens is 472 g/mol. The van der Waals surface area contributed by atoms with Crippen molar-refractivity contribution >= 4 is 42.3 Å². The van der Waals surface area contributed by atoms with E-state index in [9.17, 15) is 9.59 Å².